The molecule has 0 spiro atoms. The predicted octanol–water partition coefficient (Wildman–Crippen LogP) is -3.41. The van der Waals surface area contributed by atoms with Crippen LogP contribution in [0.4, 0.5) is 0 Å². The summed E-state index contributed by atoms with van der Waals surface area (Å²) in [6.07, 6.45) is -4.67. The molecule has 0 aromatic rings. The van der Waals surface area contributed by atoms with Crippen molar-refractivity contribution in [1.29, 1.82) is 0 Å². The summed E-state index contributed by atoms with van der Waals surface area (Å²) in [5.41, 5.74) is 0. The highest BCUT2D eigenvalue weighted by molar-refractivity contribution is 7.81. The maximum Gasteiger partial charge on any atom is 0.483 e. The molecule has 3 aliphatic rings. The minimum atomic E-state index is -4.62. The van der Waals surface area contributed by atoms with Crippen LogP contribution in [-0.2, 0) is 18.1 Å². The summed E-state index contributed by atoms with van der Waals surface area (Å²) < 4.78 is 24.8. The van der Waals surface area contributed by atoms with Gasteiger partial charge in [0, 0.05) is 0 Å². The van der Waals surface area contributed by atoms with Gasteiger partial charge < -0.3 is 30.6 Å². The lowest BCUT2D eigenvalue weighted by molar-refractivity contribution is -0.473. The molecule has 1 unspecified atom stereocenters. The fraction of sp³-hybridized carbons (Fsp3) is 1.00. The predicted molar refractivity (Wildman–Crippen MR) is 51.7 cm³/mol. The molecule has 6 N–H and O–H groups in total. The molecule has 2 saturated heterocycles. The third-order valence-electron chi connectivity index (χ3n) is 3.29. The Bertz CT molecular complexity index is 481. The maximum atomic E-state index is 11.7. The van der Waals surface area contributed by atoms with Gasteiger partial charge in [-0.05, 0) is 0 Å². The average Bonchev–Trinajstić information content (AvgIpc) is 2.56. The van der Waals surface area contributed by atoms with Crippen molar-refractivity contribution >= 4 is 20.5 Å². The number of hydrogen-bond acceptors (Lipinski definition) is 11. The summed E-state index contributed by atoms with van der Waals surface area (Å²) in [7, 11) is -4.62. The Morgan fingerprint density at radius 1 is 0.944 bits per heavy atom. The van der Waals surface area contributed by atoms with E-state index in [0.717, 1.165) is 0 Å². The van der Waals surface area contributed by atoms with Gasteiger partial charge in [0.1, 0.15) is 12.2 Å². The number of phosphoric ester groups is 1. The van der Waals surface area contributed by atoms with Crippen LogP contribution in [0, 0.1) is 0 Å². The van der Waals surface area contributed by atoms with Gasteiger partial charge in [0.15, 0.2) is 4.93 Å². The molecule has 7 atom stereocenters. The maximum absolute atomic E-state index is 11.7. The molecular weight excluding hydrogens is 295 g/mol. The van der Waals surface area contributed by atoms with Crippen LogP contribution in [0.5, 0.6) is 0 Å². The lowest BCUT2D eigenvalue weighted by Gasteiger charge is -2.56. The van der Waals surface area contributed by atoms with Crippen molar-refractivity contribution in [3.63, 3.8) is 0 Å². The number of thiol groups is 1. The van der Waals surface area contributed by atoms with Crippen LogP contribution in [0.2, 0.25) is 0 Å². The Balaban J connectivity index is 2.29. The number of fused-ring (bicyclic) bond motifs is 1. The van der Waals surface area contributed by atoms with Crippen LogP contribution in [0.25, 0.3) is 0 Å². The molecule has 2 heterocycles. The Kier molecular flexibility index (Phi) is 2.16. The van der Waals surface area contributed by atoms with Gasteiger partial charge in [0.2, 0.25) is 0 Å². The average molecular weight is 304 g/mol. The summed E-state index contributed by atoms with van der Waals surface area (Å²) in [6.45, 7) is 0. The summed E-state index contributed by atoms with van der Waals surface area (Å²) in [5.74, 6) is -9.71. The van der Waals surface area contributed by atoms with Gasteiger partial charge in [-0.15, -0.1) is 12.6 Å². The molecule has 0 amide bonds. The standard InChI is InChI=1S/C6H9O10PS/c7-1-2(8)4(10,18)6(12)5(11)3(1,9)14-17(13,15-5)16-6/h1-2,7-12,18H/t1-,2+,3+,4+,5+,6+,17?/m0/s1. The monoisotopic (exact) mass is 304 g/mol. The lowest BCUT2D eigenvalue weighted by Crippen LogP contribution is -2.85. The molecule has 3 fully saturated rings. The first-order valence-corrected chi connectivity index (χ1v) is 6.55. The Morgan fingerprint density at radius 3 is 1.94 bits per heavy atom. The van der Waals surface area contributed by atoms with Crippen LogP contribution in [0.3, 0.4) is 0 Å². The first kappa shape index (κ1) is 13.2. The topological polar surface area (TPSA) is 166 Å². The van der Waals surface area contributed by atoms with Crippen molar-refractivity contribution in [3.8, 4) is 0 Å². The van der Waals surface area contributed by atoms with Crippen LogP contribution >= 0.6 is 20.5 Å². The molecule has 1 saturated carbocycles. The highest BCUT2D eigenvalue weighted by Gasteiger charge is 2.93. The van der Waals surface area contributed by atoms with E-state index >= 15 is 0 Å². The van der Waals surface area contributed by atoms with Crippen molar-refractivity contribution in [2.75, 3.05) is 0 Å². The molecular formula is C6H9O10PS. The van der Waals surface area contributed by atoms with Gasteiger partial charge in [-0.2, -0.15) is 0 Å². The summed E-state index contributed by atoms with van der Waals surface area (Å²) in [4.78, 5) is -2.98. The number of aliphatic hydroxyl groups excluding tert-OH is 2. The number of rotatable bonds is 0. The van der Waals surface area contributed by atoms with E-state index < -0.39 is 42.3 Å². The van der Waals surface area contributed by atoms with Gasteiger partial charge >= 0.3 is 7.82 Å². The van der Waals surface area contributed by atoms with Crippen LogP contribution in [-0.4, -0.2) is 65.1 Å². The van der Waals surface area contributed by atoms with Crippen molar-refractivity contribution < 1.29 is 48.8 Å². The van der Waals surface area contributed by atoms with E-state index in [0.29, 0.717) is 0 Å². The molecule has 0 aromatic carbocycles. The molecule has 1 aliphatic carbocycles. The summed E-state index contributed by atoms with van der Waals surface area (Å²) in [6, 6.07) is 0. The Morgan fingerprint density at radius 2 is 1.44 bits per heavy atom. The van der Waals surface area contributed by atoms with Gasteiger partial charge in [-0.25, -0.2) is 18.1 Å². The Hall–Kier alpha value is 0.220. The van der Waals surface area contributed by atoms with Crippen molar-refractivity contribution in [3.05, 3.63) is 0 Å². The Labute approximate surface area is 104 Å². The van der Waals surface area contributed by atoms with E-state index in [1.807, 2.05) is 0 Å². The highest BCUT2D eigenvalue weighted by Crippen LogP contribution is 2.78. The molecule has 10 nitrogen and oxygen atoms in total. The van der Waals surface area contributed by atoms with E-state index in [1.54, 1.807) is 0 Å². The van der Waals surface area contributed by atoms with Crippen LogP contribution in [0.15, 0.2) is 0 Å². The minimum absolute atomic E-state index is 2.30. The van der Waals surface area contributed by atoms with Gasteiger partial charge in [-0.3, -0.25) is 0 Å². The smallest absolute Gasteiger partial charge is 0.386 e. The fourth-order valence-corrected chi connectivity index (χ4v) is 4.51. The van der Waals surface area contributed by atoms with Gasteiger partial charge in [0.25, 0.3) is 17.4 Å². The molecule has 104 valence electrons. The second-order valence-electron chi connectivity index (χ2n) is 4.32. The largest absolute Gasteiger partial charge is 0.483 e. The SMILES string of the molecule is O=P12O[C@@]3(O)[C@](O)(O1)[C@](O)(O2)[C@@H](O)[C@@H](O)[C@@]3(O)S. The van der Waals surface area contributed by atoms with E-state index in [2.05, 4.69) is 26.2 Å². The van der Waals surface area contributed by atoms with Gasteiger partial charge in [0.05, 0.1) is 0 Å². The van der Waals surface area contributed by atoms with E-state index in [-0.39, 0.29) is 0 Å². The van der Waals surface area contributed by atoms with Crippen LogP contribution in [0.1, 0.15) is 0 Å². The molecule has 2 bridgehead atoms. The fourth-order valence-electron chi connectivity index (χ4n) is 2.25. The van der Waals surface area contributed by atoms with Crippen LogP contribution < -0.4 is 0 Å². The van der Waals surface area contributed by atoms with E-state index in [1.165, 1.54) is 0 Å². The van der Waals surface area contributed by atoms with Crippen molar-refractivity contribution in [1.82, 2.24) is 0 Å². The van der Waals surface area contributed by atoms with Crippen molar-refractivity contribution in [2.45, 2.75) is 34.5 Å². The first-order chi connectivity index (χ1) is 7.94. The van der Waals surface area contributed by atoms with E-state index in [9.17, 15) is 35.2 Å². The van der Waals surface area contributed by atoms with Gasteiger partial charge in [-0.1, -0.05) is 0 Å². The molecule has 2 aliphatic heterocycles. The zero-order chi connectivity index (χ0) is 13.8. The number of hydrogen-bond donors (Lipinski definition) is 7. The van der Waals surface area contributed by atoms with Crippen molar-refractivity contribution in [2.24, 2.45) is 0 Å². The molecule has 3 rings (SSSR count). The minimum Gasteiger partial charge on any atom is -0.386 e. The second kappa shape index (κ2) is 2.95. The van der Waals surface area contributed by atoms with E-state index in [4.69, 9.17) is 0 Å². The highest BCUT2D eigenvalue weighted by atomic mass is 32.1. The number of aliphatic hydroxyl groups is 6. The summed E-state index contributed by atoms with van der Waals surface area (Å²) in [5, 5.41) is 58.9. The summed E-state index contributed by atoms with van der Waals surface area (Å²) >= 11 is 3.46. The third-order valence-corrected chi connectivity index (χ3v) is 5.34. The quantitative estimate of drug-likeness (QED) is 0.136. The third kappa shape index (κ3) is 1.00. The molecule has 18 heavy (non-hydrogen) atoms. The zero-order valence-corrected chi connectivity index (χ0v) is 10.2. The normalized spacial score (nSPS) is 70.6. The second-order valence-corrected chi connectivity index (χ2v) is 6.45. The molecule has 0 radical (unpaired) electrons. The lowest BCUT2D eigenvalue weighted by atomic mass is 9.76. The first-order valence-electron chi connectivity index (χ1n) is 4.64. The zero-order valence-electron chi connectivity index (χ0n) is 8.37. The molecule has 0 aromatic heterocycles. The molecule has 12 heteroatoms. The number of phosphoric acid groups is 1.